The van der Waals surface area contributed by atoms with Crippen molar-refractivity contribution >= 4 is 9.20 Å². The molecule has 0 amide bonds. The number of hydrogen-bond donors (Lipinski definition) is 1. The molecule has 2 nitrogen and oxygen atoms in total. The van der Waals surface area contributed by atoms with Crippen molar-refractivity contribution in [3.63, 3.8) is 0 Å². The molecule has 1 aromatic rings. The minimum Gasteiger partial charge on any atom is -0.529 e. The summed E-state index contributed by atoms with van der Waals surface area (Å²) in [6.07, 6.45) is 0. The quantitative estimate of drug-likeness (QED) is 0.742. The highest BCUT2D eigenvalue weighted by molar-refractivity contribution is 6.55. The second kappa shape index (κ2) is 4.84. The molecule has 3 heteroatoms. The van der Waals surface area contributed by atoms with E-state index in [2.05, 4.69) is 0 Å². The zero-order valence-electron chi connectivity index (χ0n) is 8.03. The third-order valence-corrected chi connectivity index (χ3v) is 3.05. The van der Waals surface area contributed by atoms with Gasteiger partial charge in [0.15, 0.2) is 0 Å². The molecule has 70 valence electrons. The normalized spacial score (nSPS) is 11.9. The maximum Gasteiger partial charge on any atom is 0.335 e. The molecule has 2 N–H and O–H groups in total. The Morgan fingerprint density at radius 3 is 2.46 bits per heavy atom. The average Bonchev–Trinajstić information content (AvgIpc) is 2.04. The molecule has 0 saturated carbocycles. The highest BCUT2D eigenvalue weighted by Crippen LogP contribution is 2.08. The third-order valence-electron chi connectivity index (χ3n) is 1.51. The molecule has 0 aliphatic heterocycles. The van der Waals surface area contributed by atoms with E-state index in [9.17, 15) is 0 Å². The fraction of sp³-hybridized carbons (Fsp3) is 0.200. The smallest absolute Gasteiger partial charge is 0.335 e. The topological polar surface area (TPSA) is 35.2 Å². The summed E-state index contributed by atoms with van der Waals surface area (Å²) in [4.78, 5) is 0. The van der Waals surface area contributed by atoms with Crippen LogP contribution in [0.3, 0.4) is 0 Å². The van der Waals surface area contributed by atoms with Crippen LogP contribution in [0.5, 0.6) is 5.75 Å². The standard InChI is InChI=1S/C10H15NOSi/c1-9(2)8-13(11)12-10-6-4-3-5-7-10/h3-8,13H,11H2,1-2H3. The van der Waals surface area contributed by atoms with Crippen LogP contribution in [0.2, 0.25) is 0 Å². The molecule has 0 spiro atoms. The minimum atomic E-state index is -1.65. The largest absolute Gasteiger partial charge is 0.529 e. The van der Waals surface area contributed by atoms with Crippen LogP contribution in [0.25, 0.3) is 0 Å². The van der Waals surface area contributed by atoms with Gasteiger partial charge in [-0.2, -0.15) is 0 Å². The Morgan fingerprint density at radius 2 is 1.92 bits per heavy atom. The number of nitrogens with two attached hydrogens (primary N) is 1. The van der Waals surface area contributed by atoms with Gasteiger partial charge in [-0.3, -0.25) is 0 Å². The first-order valence-electron chi connectivity index (χ1n) is 4.31. The summed E-state index contributed by atoms with van der Waals surface area (Å²) in [6, 6.07) is 9.69. The summed E-state index contributed by atoms with van der Waals surface area (Å²) in [5, 5.41) is 5.85. The van der Waals surface area contributed by atoms with E-state index < -0.39 is 9.20 Å². The summed E-state index contributed by atoms with van der Waals surface area (Å²) >= 11 is 0. The lowest BCUT2D eigenvalue weighted by atomic mass is 10.3. The van der Waals surface area contributed by atoms with Gasteiger partial charge < -0.3 is 9.83 Å². The molecular formula is C10H15NOSi. The predicted octanol–water partition coefficient (Wildman–Crippen LogP) is 1.75. The molecule has 0 bridgehead atoms. The molecule has 0 aromatic heterocycles. The van der Waals surface area contributed by atoms with Crippen molar-refractivity contribution in [2.24, 2.45) is 5.40 Å². The maximum atomic E-state index is 5.85. The molecule has 0 heterocycles. The first kappa shape index (κ1) is 10.0. The van der Waals surface area contributed by atoms with Crippen molar-refractivity contribution in [1.29, 1.82) is 0 Å². The van der Waals surface area contributed by atoms with Gasteiger partial charge in [0, 0.05) is 0 Å². The van der Waals surface area contributed by atoms with Crippen LogP contribution in [0, 0.1) is 0 Å². The van der Waals surface area contributed by atoms with Crippen LogP contribution in [0.4, 0.5) is 0 Å². The highest BCUT2D eigenvalue weighted by Gasteiger charge is 2.02. The Bertz CT molecular complexity index is 280. The van der Waals surface area contributed by atoms with Gasteiger partial charge in [-0.05, 0) is 31.7 Å². The van der Waals surface area contributed by atoms with Crippen molar-refractivity contribution in [1.82, 2.24) is 0 Å². The minimum absolute atomic E-state index is 0.860. The lowest BCUT2D eigenvalue weighted by Crippen LogP contribution is -2.31. The number of allylic oxidation sites excluding steroid dienone is 1. The summed E-state index contributed by atoms with van der Waals surface area (Å²) in [7, 11) is -1.65. The molecule has 0 aliphatic carbocycles. The van der Waals surface area contributed by atoms with Crippen molar-refractivity contribution in [3.8, 4) is 5.75 Å². The zero-order chi connectivity index (χ0) is 9.68. The van der Waals surface area contributed by atoms with Crippen LogP contribution < -0.4 is 9.83 Å². The zero-order valence-corrected chi connectivity index (χ0v) is 9.18. The maximum absolute atomic E-state index is 5.85. The van der Waals surface area contributed by atoms with E-state index in [1.807, 2.05) is 49.9 Å². The molecule has 0 fully saturated rings. The fourth-order valence-electron chi connectivity index (χ4n) is 1.02. The van der Waals surface area contributed by atoms with Crippen molar-refractivity contribution in [3.05, 3.63) is 41.6 Å². The van der Waals surface area contributed by atoms with Gasteiger partial charge in [0.2, 0.25) is 0 Å². The van der Waals surface area contributed by atoms with Gasteiger partial charge in [0.05, 0.1) is 0 Å². The van der Waals surface area contributed by atoms with Crippen LogP contribution in [0.15, 0.2) is 41.6 Å². The number of para-hydroxylation sites is 1. The first-order valence-corrected chi connectivity index (χ1v) is 6.11. The lowest BCUT2D eigenvalue weighted by Gasteiger charge is -2.09. The monoisotopic (exact) mass is 193 g/mol. The van der Waals surface area contributed by atoms with E-state index in [1.54, 1.807) is 0 Å². The van der Waals surface area contributed by atoms with E-state index in [0.717, 1.165) is 5.75 Å². The van der Waals surface area contributed by atoms with Gasteiger partial charge in [-0.1, -0.05) is 23.8 Å². The Labute approximate surface area is 80.8 Å². The number of hydrogen-bond acceptors (Lipinski definition) is 2. The van der Waals surface area contributed by atoms with Crippen molar-refractivity contribution in [2.45, 2.75) is 13.8 Å². The summed E-state index contributed by atoms with van der Waals surface area (Å²) in [6.45, 7) is 4.06. The molecular weight excluding hydrogens is 178 g/mol. The summed E-state index contributed by atoms with van der Waals surface area (Å²) in [5.41, 5.74) is 3.24. The predicted molar refractivity (Wildman–Crippen MR) is 57.8 cm³/mol. The average molecular weight is 193 g/mol. The molecule has 1 rings (SSSR count). The second-order valence-electron chi connectivity index (χ2n) is 3.14. The van der Waals surface area contributed by atoms with Crippen molar-refractivity contribution < 1.29 is 4.43 Å². The van der Waals surface area contributed by atoms with Crippen LogP contribution >= 0.6 is 0 Å². The van der Waals surface area contributed by atoms with Crippen LogP contribution in [-0.4, -0.2) is 9.20 Å². The number of rotatable bonds is 3. The van der Waals surface area contributed by atoms with Crippen LogP contribution in [-0.2, 0) is 0 Å². The molecule has 0 aliphatic rings. The molecule has 1 unspecified atom stereocenters. The summed E-state index contributed by atoms with van der Waals surface area (Å²) < 4.78 is 5.57. The van der Waals surface area contributed by atoms with Gasteiger partial charge >= 0.3 is 9.20 Å². The Morgan fingerprint density at radius 1 is 1.31 bits per heavy atom. The SMILES string of the molecule is CC(C)=C[SiH](N)Oc1ccccc1. The van der Waals surface area contributed by atoms with Crippen LogP contribution in [0.1, 0.15) is 13.8 Å². The second-order valence-corrected chi connectivity index (χ2v) is 4.64. The first-order chi connectivity index (χ1) is 6.18. The lowest BCUT2D eigenvalue weighted by molar-refractivity contribution is 0.580. The van der Waals surface area contributed by atoms with E-state index in [4.69, 9.17) is 9.83 Å². The van der Waals surface area contributed by atoms with Gasteiger partial charge in [0.25, 0.3) is 0 Å². The van der Waals surface area contributed by atoms with Gasteiger partial charge in [-0.15, -0.1) is 0 Å². The molecule has 1 aromatic carbocycles. The molecule has 0 radical (unpaired) electrons. The highest BCUT2D eigenvalue weighted by atomic mass is 28.3. The van der Waals surface area contributed by atoms with E-state index in [0.29, 0.717) is 0 Å². The molecule has 1 atom stereocenters. The molecule has 13 heavy (non-hydrogen) atoms. The van der Waals surface area contributed by atoms with Gasteiger partial charge in [0.1, 0.15) is 5.75 Å². The molecule has 0 saturated heterocycles. The number of benzene rings is 1. The van der Waals surface area contributed by atoms with E-state index >= 15 is 0 Å². The Hall–Kier alpha value is -1.06. The van der Waals surface area contributed by atoms with Crippen molar-refractivity contribution in [2.75, 3.05) is 0 Å². The Balaban J connectivity index is 2.55. The fourth-order valence-corrected chi connectivity index (χ4v) is 2.22. The third kappa shape index (κ3) is 3.92. The van der Waals surface area contributed by atoms with Gasteiger partial charge in [-0.25, -0.2) is 0 Å². The van der Waals surface area contributed by atoms with E-state index in [1.165, 1.54) is 5.57 Å². The van der Waals surface area contributed by atoms with E-state index in [-0.39, 0.29) is 0 Å². The summed E-state index contributed by atoms with van der Waals surface area (Å²) in [5.74, 6) is 0.860. The Kier molecular flexibility index (Phi) is 3.73.